The van der Waals surface area contributed by atoms with Gasteiger partial charge in [-0.1, -0.05) is 60.7 Å². The average Bonchev–Trinajstić information content (AvgIpc) is 3.54. The fourth-order valence-corrected chi connectivity index (χ4v) is 5.03. The van der Waals surface area contributed by atoms with E-state index in [0.717, 1.165) is 24.8 Å². The highest BCUT2D eigenvalue weighted by atomic mass is 16.6. The number of carbonyl (C=O) groups is 1. The van der Waals surface area contributed by atoms with Gasteiger partial charge in [0.15, 0.2) is 0 Å². The molecule has 32 heavy (non-hydrogen) atoms. The number of epoxide rings is 1. The van der Waals surface area contributed by atoms with Crippen LogP contribution in [0.1, 0.15) is 36.8 Å². The molecular weight excluding hydrogens is 404 g/mol. The minimum absolute atomic E-state index is 0.0622. The summed E-state index contributed by atoms with van der Waals surface area (Å²) in [5.74, 6) is -0.915. The van der Waals surface area contributed by atoms with Crippen molar-refractivity contribution in [3.8, 4) is 0 Å². The van der Waals surface area contributed by atoms with E-state index in [1.165, 1.54) is 5.56 Å². The molecule has 172 valence electrons. The lowest BCUT2D eigenvalue weighted by atomic mass is 9.97. The maximum absolute atomic E-state index is 12.4. The lowest BCUT2D eigenvalue weighted by Crippen LogP contribution is -2.48. The van der Waals surface area contributed by atoms with Gasteiger partial charge in [0, 0.05) is 31.0 Å². The monoisotopic (exact) mass is 438 g/mol. The summed E-state index contributed by atoms with van der Waals surface area (Å²) in [5, 5.41) is 9.56. The number of morpholine rings is 1. The standard InChI is InChI=1S/C17H21NO4.C9H13N/c1-18-13-7-11(8-14(18)16-15(13)22-16)21-17(20)12(9-19)10-5-3-2-4-6-10;1-8(10)7-9-5-3-2-4-6-9/h2-6,11-16,19H,7-9H2,1H3;2-6,8H,7,10H2,1H3/t11?,12-,13-,14+,15?,16?;/m1./s1. The molecule has 3 N–H and O–H groups in total. The van der Waals surface area contributed by atoms with Crippen LogP contribution in [0.4, 0.5) is 0 Å². The molecule has 7 atom stereocenters. The summed E-state index contributed by atoms with van der Waals surface area (Å²) in [5.41, 5.74) is 7.74. The molecule has 4 unspecified atom stereocenters. The van der Waals surface area contributed by atoms with E-state index in [1.54, 1.807) is 0 Å². The van der Waals surface area contributed by atoms with E-state index in [0.29, 0.717) is 24.3 Å². The Kier molecular flexibility index (Phi) is 7.26. The first-order valence-electron chi connectivity index (χ1n) is 11.5. The van der Waals surface area contributed by atoms with E-state index in [9.17, 15) is 9.90 Å². The van der Waals surface area contributed by atoms with Gasteiger partial charge in [-0.2, -0.15) is 0 Å². The molecule has 2 aromatic rings. The van der Waals surface area contributed by atoms with Crippen LogP contribution in [-0.2, 0) is 20.7 Å². The minimum Gasteiger partial charge on any atom is -0.462 e. The quantitative estimate of drug-likeness (QED) is 0.532. The number of esters is 1. The molecule has 3 fully saturated rings. The number of hydrogen-bond donors (Lipinski definition) is 2. The molecule has 3 aliphatic rings. The first-order valence-corrected chi connectivity index (χ1v) is 11.5. The number of carbonyl (C=O) groups excluding carboxylic acids is 1. The Morgan fingerprint density at radius 1 is 1.09 bits per heavy atom. The third kappa shape index (κ3) is 5.21. The molecule has 2 aromatic carbocycles. The van der Waals surface area contributed by atoms with Crippen LogP contribution in [0.25, 0.3) is 0 Å². The number of nitrogens with zero attached hydrogens (tertiary/aromatic N) is 1. The van der Waals surface area contributed by atoms with Gasteiger partial charge < -0.3 is 20.3 Å². The predicted molar refractivity (Wildman–Crippen MR) is 123 cm³/mol. The second kappa shape index (κ2) is 10.1. The van der Waals surface area contributed by atoms with Crippen LogP contribution in [0.2, 0.25) is 0 Å². The third-order valence-electron chi connectivity index (χ3n) is 6.73. The summed E-state index contributed by atoms with van der Waals surface area (Å²) in [6.07, 6.45) is 3.23. The van der Waals surface area contributed by atoms with Gasteiger partial charge in [-0.15, -0.1) is 0 Å². The van der Waals surface area contributed by atoms with Gasteiger partial charge in [0.1, 0.15) is 24.2 Å². The van der Waals surface area contributed by atoms with Crippen LogP contribution in [0, 0.1) is 0 Å². The summed E-state index contributed by atoms with van der Waals surface area (Å²) < 4.78 is 11.4. The van der Waals surface area contributed by atoms with Crippen molar-refractivity contribution in [1.82, 2.24) is 4.90 Å². The van der Waals surface area contributed by atoms with Gasteiger partial charge in [-0.05, 0) is 31.5 Å². The molecule has 0 radical (unpaired) electrons. The largest absolute Gasteiger partial charge is 0.462 e. The molecule has 0 aromatic heterocycles. The van der Waals surface area contributed by atoms with Crippen LogP contribution in [0.15, 0.2) is 60.7 Å². The summed E-state index contributed by atoms with van der Waals surface area (Å²) in [6.45, 7) is 1.80. The zero-order valence-corrected chi connectivity index (χ0v) is 18.8. The van der Waals surface area contributed by atoms with Gasteiger partial charge in [0.05, 0.1) is 6.61 Å². The van der Waals surface area contributed by atoms with Gasteiger partial charge in [0.25, 0.3) is 0 Å². The fraction of sp³-hybridized carbons (Fsp3) is 0.500. The summed E-state index contributed by atoms with van der Waals surface area (Å²) in [4.78, 5) is 14.8. The minimum atomic E-state index is -0.593. The predicted octanol–water partition coefficient (Wildman–Crippen LogP) is 2.49. The second-order valence-corrected chi connectivity index (χ2v) is 9.21. The van der Waals surface area contributed by atoms with Crippen molar-refractivity contribution in [3.05, 3.63) is 71.8 Å². The second-order valence-electron chi connectivity index (χ2n) is 9.21. The number of piperidine rings is 1. The Hall–Kier alpha value is -2.25. The smallest absolute Gasteiger partial charge is 0.316 e. The van der Waals surface area contributed by atoms with Crippen molar-refractivity contribution in [2.24, 2.45) is 5.73 Å². The SMILES string of the molecule is CC(N)Cc1ccccc1.CN1[C@@H]2CC(OC(=O)[C@H](CO)c3ccccc3)C[C@H]1C1OC12. The highest BCUT2D eigenvalue weighted by Crippen LogP contribution is 2.48. The summed E-state index contributed by atoms with van der Waals surface area (Å²) in [6, 6.07) is 20.6. The van der Waals surface area contributed by atoms with E-state index < -0.39 is 5.92 Å². The molecule has 2 bridgehead atoms. The Morgan fingerprint density at radius 3 is 2.19 bits per heavy atom. The van der Waals surface area contributed by atoms with E-state index >= 15 is 0 Å². The molecule has 0 amide bonds. The van der Waals surface area contributed by atoms with Gasteiger partial charge in [0.2, 0.25) is 0 Å². The topological polar surface area (TPSA) is 88.3 Å². The molecule has 3 saturated heterocycles. The Labute approximate surface area is 190 Å². The number of benzene rings is 2. The number of nitrogens with two attached hydrogens (primary N) is 1. The van der Waals surface area contributed by atoms with E-state index in [1.807, 2.05) is 55.5 Å². The maximum Gasteiger partial charge on any atom is 0.316 e. The molecule has 0 saturated carbocycles. The summed E-state index contributed by atoms with van der Waals surface area (Å²) in [7, 11) is 2.13. The van der Waals surface area contributed by atoms with Crippen molar-refractivity contribution >= 4 is 5.97 Å². The molecule has 6 nitrogen and oxygen atoms in total. The van der Waals surface area contributed by atoms with Crippen molar-refractivity contribution in [3.63, 3.8) is 0 Å². The number of rotatable bonds is 6. The third-order valence-corrected chi connectivity index (χ3v) is 6.73. The molecule has 5 rings (SSSR count). The first-order chi connectivity index (χ1) is 15.5. The Morgan fingerprint density at radius 2 is 1.66 bits per heavy atom. The number of likely N-dealkylation sites (N-methyl/N-ethyl adjacent to an activating group) is 1. The van der Waals surface area contributed by atoms with Crippen molar-refractivity contribution < 1.29 is 19.4 Å². The van der Waals surface area contributed by atoms with Crippen molar-refractivity contribution in [1.29, 1.82) is 0 Å². The van der Waals surface area contributed by atoms with Crippen LogP contribution in [0.3, 0.4) is 0 Å². The van der Waals surface area contributed by atoms with E-state index in [2.05, 4.69) is 24.1 Å². The Bertz CT molecular complexity index is 858. The van der Waals surface area contributed by atoms with Gasteiger partial charge in [-0.25, -0.2) is 0 Å². The van der Waals surface area contributed by atoms with Crippen molar-refractivity contribution in [2.75, 3.05) is 13.7 Å². The van der Waals surface area contributed by atoms with Crippen LogP contribution < -0.4 is 5.73 Å². The molecule has 0 spiro atoms. The normalized spacial score (nSPS) is 29.8. The fourth-order valence-electron chi connectivity index (χ4n) is 5.03. The molecule has 3 aliphatic heterocycles. The highest BCUT2D eigenvalue weighted by Gasteiger charge is 2.62. The lowest BCUT2D eigenvalue weighted by Gasteiger charge is -2.38. The van der Waals surface area contributed by atoms with Crippen LogP contribution in [-0.4, -0.2) is 66.1 Å². The Balaban J connectivity index is 0.000000207. The highest BCUT2D eigenvalue weighted by molar-refractivity contribution is 5.78. The lowest BCUT2D eigenvalue weighted by molar-refractivity contribution is -0.156. The molecular formula is C26H34N2O4. The van der Waals surface area contributed by atoms with Crippen LogP contribution >= 0.6 is 0 Å². The summed E-state index contributed by atoms with van der Waals surface area (Å²) >= 11 is 0. The van der Waals surface area contributed by atoms with Crippen LogP contribution in [0.5, 0.6) is 0 Å². The van der Waals surface area contributed by atoms with E-state index in [4.69, 9.17) is 15.2 Å². The number of ether oxygens (including phenoxy) is 2. The zero-order chi connectivity index (χ0) is 22.7. The van der Waals surface area contributed by atoms with Gasteiger partial charge >= 0.3 is 5.97 Å². The number of hydrogen-bond acceptors (Lipinski definition) is 6. The average molecular weight is 439 g/mol. The number of fused-ring (bicyclic) bond motifs is 5. The maximum atomic E-state index is 12.4. The molecule has 3 heterocycles. The van der Waals surface area contributed by atoms with E-state index in [-0.39, 0.29) is 24.7 Å². The first kappa shape index (κ1) is 22.9. The van der Waals surface area contributed by atoms with Gasteiger partial charge in [-0.3, -0.25) is 9.69 Å². The van der Waals surface area contributed by atoms with Crippen molar-refractivity contribution in [2.45, 2.75) is 68.5 Å². The molecule has 6 heteroatoms. The number of aliphatic hydroxyl groups is 1. The molecule has 0 aliphatic carbocycles. The number of aliphatic hydroxyl groups excluding tert-OH is 1. The zero-order valence-electron chi connectivity index (χ0n) is 18.8.